The number of nitrogens with two attached hydrogens (primary N) is 1. The minimum absolute atomic E-state index is 0. The van der Waals surface area contributed by atoms with E-state index in [2.05, 4.69) is 21.2 Å². The second kappa shape index (κ2) is 10.2. The van der Waals surface area contributed by atoms with E-state index in [-0.39, 0.29) is 19.0 Å². The number of benzene rings is 2. The lowest BCUT2D eigenvalue weighted by molar-refractivity contribution is -0.119. The van der Waals surface area contributed by atoms with Gasteiger partial charge in [-0.15, -0.1) is 12.4 Å². The Morgan fingerprint density at radius 2 is 1.88 bits per heavy atom. The van der Waals surface area contributed by atoms with E-state index < -0.39 is 5.91 Å². The lowest BCUT2D eigenvalue weighted by Gasteiger charge is -2.12. The number of rotatable bonds is 8. The molecule has 5 nitrogen and oxygen atoms in total. The summed E-state index contributed by atoms with van der Waals surface area (Å²) in [5, 5.41) is 3.35. The van der Waals surface area contributed by atoms with E-state index in [9.17, 15) is 4.79 Å². The first-order chi connectivity index (χ1) is 11.1. The summed E-state index contributed by atoms with van der Waals surface area (Å²) >= 11 is 3.44. The van der Waals surface area contributed by atoms with E-state index in [1.54, 1.807) is 7.11 Å². The molecular formula is C17H20BrClN2O3. The van der Waals surface area contributed by atoms with Gasteiger partial charge in [-0.1, -0.05) is 28.1 Å². The SMILES string of the molecule is COc1ccc(CNCc2cc(Br)ccc2OCC(N)=O)cc1.Cl. The first-order valence-corrected chi connectivity index (χ1v) is 7.91. The third kappa shape index (κ3) is 6.39. The standard InChI is InChI=1S/C17H19BrN2O3.ClH/c1-22-15-5-2-12(3-6-15)9-20-10-13-8-14(18)4-7-16(13)23-11-17(19)21;/h2-8,20H,9-11H2,1H3,(H2,19,21);1H. The number of halogens is 2. The number of methoxy groups -OCH3 is 1. The third-order valence-electron chi connectivity index (χ3n) is 3.20. The molecule has 2 rings (SSSR count). The maximum Gasteiger partial charge on any atom is 0.255 e. The van der Waals surface area contributed by atoms with Crippen LogP contribution < -0.4 is 20.5 Å². The molecular weight excluding hydrogens is 396 g/mol. The lowest BCUT2D eigenvalue weighted by atomic mass is 10.2. The molecule has 0 saturated carbocycles. The van der Waals surface area contributed by atoms with Crippen LogP contribution >= 0.6 is 28.3 Å². The van der Waals surface area contributed by atoms with E-state index in [0.29, 0.717) is 18.8 Å². The highest BCUT2D eigenvalue weighted by Crippen LogP contribution is 2.23. The van der Waals surface area contributed by atoms with Crippen molar-refractivity contribution in [2.45, 2.75) is 13.1 Å². The van der Waals surface area contributed by atoms with Crippen molar-refractivity contribution < 1.29 is 14.3 Å². The number of hydrogen-bond acceptors (Lipinski definition) is 4. The van der Waals surface area contributed by atoms with Crippen molar-refractivity contribution in [3.05, 3.63) is 58.1 Å². The van der Waals surface area contributed by atoms with Gasteiger partial charge in [0.2, 0.25) is 0 Å². The molecule has 0 aliphatic carbocycles. The van der Waals surface area contributed by atoms with Crippen molar-refractivity contribution in [2.24, 2.45) is 5.73 Å². The van der Waals surface area contributed by atoms with E-state index in [4.69, 9.17) is 15.2 Å². The molecule has 0 heterocycles. The van der Waals surface area contributed by atoms with E-state index >= 15 is 0 Å². The molecule has 24 heavy (non-hydrogen) atoms. The number of primary amides is 1. The smallest absolute Gasteiger partial charge is 0.255 e. The first-order valence-electron chi connectivity index (χ1n) is 7.11. The van der Waals surface area contributed by atoms with Crippen LogP contribution in [-0.4, -0.2) is 19.6 Å². The molecule has 0 bridgehead atoms. The van der Waals surface area contributed by atoms with Crippen LogP contribution in [0.2, 0.25) is 0 Å². The van der Waals surface area contributed by atoms with Crippen LogP contribution in [0.4, 0.5) is 0 Å². The molecule has 0 saturated heterocycles. The van der Waals surface area contributed by atoms with Crippen LogP contribution in [0.5, 0.6) is 11.5 Å². The van der Waals surface area contributed by atoms with Crippen LogP contribution in [0.1, 0.15) is 11.1 Å². The molecule has 7 heteroatoms. The average molecular weight is 416 g/mol. The molecule has 0 spiro atoms. The van der Waals surface area contributed by atoms with E-state index in [0.717, 1.165) is 21.3 Å². The van der Waals surface area contributed by atoms with Gasteiger partial charge in [-0.3, -0.25) is 4.79 Å². The number of ether oxygens (including phenoxy) is 2. The largest absolute Gasteiger partial charge is 0.497 e. The van der Waals surface area contributed by atoms with Crippen molar-refractivity contribution in [1.29, 1.82) is 0 Å². The highest BCUT2D eigenvalue weighted by atomic mass is 79.9. The molecule has 2 aromatic rings. The van der Waals surface area contributed by atoms with Crippen LogP contribution in [0, 0.1) is 0 Å². The normalized spacial score (nSPS) is 9.92. The Morgan fingerprint density at radius 3 is 2.50 bits per heavy atom. The lowest BCUT2D eigenvalue weighted by Crippen LogP contribution is -2.21. The predicted octanol–water partition coefficient (Wildman–Crippen LogP) is 3.03. The molecule has 2 aromatic carbocycles. The zero-order valence-corrected chi connectivity index (χ0v) is 15.7. The summed E-state index contributed by atoms with van der Waals surface area (Å²) in [6, 6.07) is 13.5. The quantitative estimate of drug-likeness (QED) is 0.695. The summed E-state index contributed by atoms with van der Waals surface area (Å²) in [6.45, 7) is 1.19. The van der Waals surface area contributed by atoms with Crippen LogP contribution in [-0.2, 0) is 17.9 Å². The zero-order chi connectivity index (χ0) is 16.7. The van der Waals surface area contributed by atoms with Gasteiger partial charge in [0.1, 0.15) is 11.5 Å². The summed E-state index contributed by atoms with van der Waals surface area (Å²) in [5.41, 5.74) is 7.23. The van der Waals surface area contributed by atoms with Gasteiger partial charge in [0, 0.05) is 23.1 Å². The van der Waals surface area contributed by atoms with Gasteiger partial charge in [0.25, 0.3) is 5.91 Å². The van der Waals surface area contributed by atoms with E-state index in [1.165, 1.54) is 0 Å². The molecule has 0 aliphatic rings. The van der Waals surface area contributed by atoms with Gasteiger partial charge in [-0.25, -0.2) is 0 Å². The van der Waals surface area contributed by atoms with Crippen molar-refractivity contribution in [1.82, 2.24) is 5.32 Å². The van der Waals surface area contributed by atoms with Gasteiger partial charge in [0.15, 0.2) is 6.61 Å². The fourth-order valence-electron chi connectivity index (χ4n) is 2.06. The summed E-state index contributed by atoms with van der Waals surface area (Å²) in [4.78, 5) is 10.9. The Hall–Kier alpha value is -1.76. The maximum atomic E-state index is 10.9. The predicted molar refractivity (Wildman–Crippen MR) is 99.6 cm³/mol. The van der Waals surface area contributed by atoms with Gasteiger partial charge in [0.05, 0.1) is 7.11 Å². The van der Waals surface area contributed by atoms with Crippen LogP contribution in [0.25, 0.3) is 0 Å². The molecule has 1 amide bonds. The van der Waals surface area contributed by atoms with Crippen molar-refractivity contribution in [2.75, 3.05) is 13.7 Å². The number of hydrogen-bond donors (Lipinski definition) is 2. The Labute approximate surface area is 156 Å². The maximum absolute atomic E-state index is 10.9. The molecule has 0 aliphatic heterocycles. The third-order valence-corrected chi connectivity index (χ3v) is 3.69. The van der Waals surface area contributed by atoms with E-state index in [1.807, 2.05) is 42.5 Å². The first kappa shape index (κ1) is 20.3. The van der Waals surface area contributed by atoms with Crippen molar-refractivity contribution in [3.8, 4) is 11.5 Å². The van der Waals surface area contributed by atoms with Gasteiger partial charge in [-0.05, 0) is 35.9 Å². The summed E-state index contributed by atoms with van der Waals surface area (Å²) in [6.07, 6.45) is 0. The van der Waals surface area contributed by atoms with Crippen molar-refractivity contribution >= 4 is 34.2 Å². The molecule has 0 fully saturated rings. The van der Waals surface area contributed by atoms with Crippen LogP contribution in [0.15, 0.2) is 46.9 Å². The second-order valence-corrected chi connectivity index (χ2v) is 5.87. The molecule has 3 N–H and O–H groups in total. The Balaban J connectivity index is 0.00000288. The molecule has 0 unspecified atom stereocenters. The minimum Gasteiger partial charge on any atom is -0.497 e. The highest BCUT2D eigenvalue weighted by Gasteiger charge is 2.06. The van der Waals surface area contributed by atoms with Gasteiger partial charge in [-0.2, -0.15) is 0 Å². The molecule has 0 radical (unpaired) electrons. The average Bonchev–Trinajstić information content (AvgIpc) is 2.54. The Bertz CT molecular complexity index is 665. The number of carbonyl (C=O) groups excluding carboxylic acids is 1. The molecule has 0 aromatic heterocycles. The number of nitrogens with one attached hydrogen (secondary N) is 1. The van der Waals surface area contributed by atoms with Gasteiger partial charge < -0.3 is 20.5 Å². The number of amides is 1. The Kier molecular flexibility index (Phi) is 8.60. The topological polar surface area (TPSA) is 73.6 Å². The summed E-state index contributed by atoms with van der Waals surface area (Å²) in [7, 11) is 1.65. The second-order valence-electron chi connectivity index (χ2n) is 4.96. The van der Waals surface area contributed by atoms with Crippen molar-refractivity contribution in [3.63, 3.8) is 0 Å². The minimum atomic E-state index is -0.495. The summed E-state index contributed by atoms with van der Waals surface area (Å²) in [5.74, 6) is 0.988. The summed E-state index contributed by atoms with van der Waals surface area (Å²) < 4.78 is 11.5. The number of carbonyl (C=O) groups is 1. The fourth-order valence-corrected chi connectivity index (χ4v) is 2.47. The monoisotopic (exact) mass is 414 g/mol. The fraction of sp³-hybridized carbons (Fsp3) is 0.235. The van der Waals surface area contributed by atoms with Crippen LogP contribution in [0.3, 0.4) is 0 Å². The van der Waals surface area contributed by atoms with Gasteiger partial charge >= 0.3 is 0 Å². The molecule has 130 valence electrons. The highest BCUT2D eigenvalue weighted by molar-refractivity contribution is 9.10. The zero-order valence-electron chi connectivity index (χ0n) is 13.3. The molecule has 0 atom stereocenters. The Morgan fingerprint density at radius 1 is 1.17 bits per heavy atom.